The van der Waals surface area contributed by atoms with Crippen molar-refractivity contribution >= 4 is 5.78 Å². The molecule has 3 heteroatoms. The molecule has 1 atom stereocenters. The van der Waals surface area contributed by atoms with Gasteiger partial charge in [0.2, 0.25) is 0 Å². The summed E-state index contributed by atoms with van der Waals surface area (Å²) in [5.41, 5.74) is 0.945. The SMILES string of the molecule is CCCC(OC)C(=O)Cc1cccnc1. The van der Waals surface area contributed by atoms with Gasteiger partial charge in [-0.05, 0) is 18.1 Å². The molecule has 15 heavy (non-hydrogen) atoms. The number of ketones is 1. The van der Waals surface area contributed by atoms with Crippen molar-refractivity contribution in [3.8, 4) is 0 Å². The van der Waals surface area contributed by atoms with Crippen LogP contribution < -0.4 is 0 Å². The fourth-order valence-electron chi connectivity index (χ4n) is 1.49. The van der Waals surface area contributed by atoms with Crippen LogP contribution >= 0.6 is 0 Å². The smallest absolute Gasteiger partial charge is 0.165 e. The number of methoxy groups -OCH3 is 1. The number of aromatic nitrogens is 1. The Labute approximate surface area is 90.5 Å². The van der Waals surface area contributed by atoms with E-state index in [0.717, 1.165) is 18.4 Å². The summed E-state index contributed by atoms with van der Waals surface area (Å²) in [7, 11) is 1.58. The van der Waals surface area contributed by atoms with Gasteiger partial charge in [-0.1, -0.05) is 19.4 Å². The summed E-state index contributed by atoms with van der Waals surface area (Å²) in [6.07, 6.45) is 5.30. The molecule has 82 valence electrons. The molecule has 3 nitrogen and oxygen atoms in total. The molecule has 0 amide bonds. The fraction of sp³-hybridized carbons (Fsp3) is 0.500. The molecule has 0 N–H and O–H groups in total. The molecule has 0 aliphatic rings. The van der Waals surface area contributed by atoms with E-state index in [-0.39, 0.29) is 11.9 Å². The Morgan fingerprint density at radius 2 is 2.40 bits per heavy atom. The first-order valence-corrected chi connectivity index (χ1v) is 5.22. The highest BCUT2D eigenvalue weighted by Crippen LogP contribution is 2.07. The van der Waals surface area contributed by atoms with Crippen molar-refractivity contribution in [2.75, 3.05) is 7.11 Å². The van der Waals surface area contributed by atoms with Crippen LogP contribution in [0, 0.1) is 0 Å². The van der Waals surface area contributed by atoms with Crippen LogP contribution in [0.1, 0.15) is 25.3 Å². The Morgan fingerprint density at radius 1 is 1.60 bits per heavy atom. The van der Waals surface area contributed by atoms with Gasteiger partial charge in [-0.3, -0.25) is 9.78 Å². The minimum Gasteiger partial charge on any atom is -0.374 e. The third-order valence-corrected chi connectivity index (χ3v) is 2.30. The Hall–Kier alpha value is -1.22. The van der Waals surface area contributed by atoms with Crippen molar-refractivity contribution in [3.05, 3.63) is 30.1 Å². The average Bonchev–Trinajstić information content (AvgIpc) is 2.27. The molecule has 0 aliphatic heterocycles. The van der Waals surface area contributed by atoms with Gasteiger partial charge in [-0.25, -0.2) is 0 Å². The van der Waals surface area contributed by atoms with Gasteiger partial charge in [0, 0.05) is 25.9 Å². The molecule has 0 aromatic carbocycles. The number of carbonyl (C=O) groups excluding carboxylic acids is 1. The van der Waals surface area contributed by atoms with E-state index < -0.39 is 0 Å². The van der Waals surface area contributed by atoms with Crippen molar-refractivity contribution in [1.82, 2.24) is 4.98 Å². The lowest BCUT2D eigenvalue weighted by molar-refractivity contribution is -0.128. The number of pyridine rings is 1. The molecule has 1 rings (SSSR count). The highest BCUT2D eigenvalue weighted by atomic mass is 16.5. The highest BCUT2D eigenvalue weighted by molar-refractivity contribution is 5.85. The van der Waals surface area contributed by atoms with Gasteiger partial charge in [0.05, 0.1) is 0 Å². The maximum absolute atomic E-state index is 11.8. The summed E-state index contributed by atoms with van der Waals surface area (Å²) in [6.45, 7) is 2.05. The minimum atomic E-state index is -0.268. The van der Waals surface area contributed by atoms with Crippen LogP contribution in [-0.2, 0) is 16.0 Å². The zero-order valence-electron chi connectivity index (χ0n) is 9.27. The van der Waals surface area contributed by atoms with E-state index in [2.05, 4.69) is 4.98 Å². The van der Waals surface area contributed by atoms with E-state index >= 15 is 0 Å². The molecule has 1 heterocycles. The predicted molar refractivity (Wildman–Crippen MR) is 58.7 cm³/mol. The first kappa shape index (κ1) is 11.9. The van der Waals surface area contributed by atoms with E-state index in [4.69, 9.17) is 4.74 Å². The van der Waals surface area contributed by atoms with Crippen LogP contribution in [-0.4, -0.2) is 24.0 Å². The first-order valence-electron chi connectivity index (χ1n) is 5.22. The van der Waals surface area contributed by atoms with Crippen molar-refractivity contribution in [1.29, 1.82) is 0 Å². The van der Waals surface area contributed by atoms with Crippen LogP contribution in [0.25, 0.3) is 0 Å². The van der Waals surface area contributed by atoms with E-state index in [1.165, 1.54) is 0 Å². The Kier molecular flexibility index (Phi) is 4.98. The quantitative estimate of drug-likeness (QED) is 0.716. The van der Waals surface area contributed by atoms with E-state index in [0.29, 0.717) is 6.42 Å². The normalized spacial score (nSPS) is 12.4. The van der Waals surface area contributed by atoms with Crippen molar-refractivity contribution in [2.24, 2.45) is 0 Å². The standard InChI is InChI=1S/C12H17NO2/c1-3-5-12(15-2)11(14)8-10-6-4-7-13-9-10/h4,6-7,9,12H,3,5,8H2,1-2H3. The van der Waals surface area contributed by atoms with Gasteiger partial charge < -0.3 is 4.74 Å². The molecule has 0 radical (unpaired) electrons. The summed E-state index contributed by atoms with van der Waals surface area (Å²) in [5, 5.41) is 0. The minimum absolute atomic E-state index is 0.132. The van der Waals surface area contributed by atoms with Crippen molar-refractivity contribution < 1.29 is 9.53 Å². The monoisotopic (exact) mass is 207 g/mol. The van der Waals surface area contributed by atoms with Gasteiger partial charge in [-0.2, -0.15) is 0 Å². The molecule has 0 saturated carbocycles. The van der Waals surface area contributed by atoms with Crippen LogP contribution in [0.15, 0.2) is 24.5 Å². The van der Waals surface area contributed by atoms with Gasteiger partial charge >= 0.3 is 0 Å². The van der Waals surface area contributed by atoms with Crippen LogP contribution in [0.4, 0.5) is 0 Å². The maximum Gasteiger partial charge on any atom is 0.165 e. The zero-order valence-corrected chi connectivity index (χ0v) is 9.27. The maximum atomic E-state index is 11.8. The number of carbonyl (C=O) groups is 1. The van der Waals surface area contributed by atoms with Gasteiger partial charge in [0.1, 0.15) is 6.10 Å². The molecular weight excluding hydrogens is 190 g/mol. The summed E-state index contributed by atoms with van der Waals surface area (Å²) >= 11 is 0. The Morgan fingerprint density at radius 3 is 2.93 bits per heavy atom. The Balaban J connectivity index is 2.54. The molecule has 1 aromatic heterocycles. The molecule has 0 spiro atoms. The van der Waals surface area contributed by atoms with Crippen molar-refractivity contribution in [2.45, 2.75) is 32.3 Å². The molecule has 0 fully saturated rings. The second-order valence-electron chi connectivity index (χ2n) is 3.52. The summed E-state index contributed by atoms with van der Waals surface area (Å²) in [5.74, 6) is 0.132. The van der Waals surface area contributed by atoms with E-state index in [9.17, 15) is 4.79 Å². The fourth-order valence-corrected chi connectivity index (χ4v) is 1.49. The number of hydrogen-bond donors (Lipinski definition) is 0. The number of Topliss-reactive ketones (excluding diaryl/α,β-unsaturated/α-hetero) is 1. The van der Waals surface area contributed by atoms with Crippen molar-refractivity contribution in [3.63, 3.8) is 0 Å². The summed E-state index contributed by atoms with van der Waals surface area (Å²) < 4.78 is 5.15. The molecule has 1 unspecified atom stereocenters. The largest absolute Gasteiger partial charge is 0.374 e. The third-order valence-electron chi connectivity index (χ3n) is 2.30. The summed E-state index contributed by atoms with van der Waals surface area (Å²) in [6, 6.07) is 3.74. The molecule has 0 aliphatic carbocycles. The lowest BCUT2D eigenvalue weighted by Gasteiger charge is -2.12. The summed E-state index contributed by atoms with van der Waals surface area (Å²) in [4.78, 5) is 15.8. The van der Waals surface area contributed by atoms with Crippen LogP contribution in [0.5, 0.6) is 0 Å². The second-order valence-corrected chi connectivity index (χ2v) is 3.52. The molecule has 0 saturated heterocycles. The molecule has 0 bridgehead atoms. The molecule has 1 aromatic rings. The van der Waals surface area contributed by atoms with Gasteiger partial charge in [-0.15, -0.1) is 0 Å². The lowest BCUT2D eigenvalue weighted by Crippen LogP contribution is -2.24. The highest BCUT2D eigenvalue weighted by Gasteiger charge is 2.16. The zero-order chi connectivity index (χ0) is 11.1. The third kappa shape index (κ3) is 3.80. The number of ether oxygens (including phenoxy) is 1. The second kappa shape index (κ2) is 6.30. The average molecular weight is 207 g/mol. The van der Waals surface area contributed by atoms with Crippen LogP contribution in [0.2, 0.25) is 0 Å². The lowest BCUT2D eigenvalue weighted by atomic mass is 10.0. The predicted octanol–water partition coefficient (Wildman–Crippen LogP) is 2.01. The van der Waals surface area contributed by atoms with Gasteiger partial charge in [0.15, 0.2) is 5.78 Å². The number of nitrogens with zero attached hydrogens (tertiary/aromatic N) is 1. The molecular formula is C12H17NO2. The van der Waals surface area contributed by atoms with Gasteiger partial charge in [0.25, 0.3) is 0 Å². The first-order chi connectivity index (χ1) is 7.27. The van der Waals surface area contributed by atoms with E-state index in [1.54, 1.807) is 19.5 Å². The topological polar surface area (TPSA) is 39.2 Å². The number of rotatable bonds is 6. The Bertz CT molecular complexity index is 298. The van der Waals surface area contributed by atoms with E-state index in [1.807, 2.05) is 19.1 Å². The number of hydrogen-bond acceptors (Lipinski definition) is 3. The van der Waals surface area contributed by atoms with Crippen LogP contribution in [0.3, 0.4) is 0 Å².